The Morgan fingerprint density at radius 2 is 1.91 bits per heavy atom. The molecule has 0 saturated heterocycles. The normalized spacial score (nSPS) is 18.5. The number of benzene rings is 1. The fourth-order valence-electron chi connectivity index (χ4n) is 4.24. The van der Waals surface area contributed by atoms with Crippen LogP contribution in [-0.4, -0.2) is 45.5 Å². The quantitative estimate of drug-likeness (QED) is 0.441. The summed E-state index contributed by atoms with van der Waals surface area (Å²) >= 11 is 0. The second kappa shape index (κ2) is 9.38. The Kier molecular flexibility index (Phi) is 6.52. The topological polar surface area (TPSA) is 142 Å². The third kappa shape index (κ3) is 5.17. The maximum Gasteiger partial charge on any atom is 0.412 e. The van der Waals surface area contributed by atoms with Gasteiger partial charge >= 0.3 is 6.09 Å². The van der Waals surface area contributed by atoms with Crippen LogP contribution in [0.25, 0.3) is 16.6 Å². The molecule has 10 heteroatoms. The molecule has 0 atom stereocenters. The Hall–Kier alpha value is -3.53. The van der Waals surface area contributed by atoms with Crippen molar-refractivity contribution >= 4 is 28.9 Å². The minimum Gasteiger partial charge on any atom is -0.495 e. The van der Waals surface area contributed by atoms with Crippen molar-refractivity contribution in [1.29, 1.82) is 0 Å². The Morgan fingerprint density at radius 3 is 2.59 bits per heavy atom. The molecular weight excluding hydrogens is 434 g/mol. The van der Waals surface area contributed by atoms with Crippen molar-refractivity contribution in [3.63, 3.8) is 0 Å². The number of carbonyl (C=O) groups excluding carboxylic acids is 1. The second-order valence-electron chi connectivity index (χ2n) is 9.65. The third-order valence-electron chi connectivity index (χ3n) is 5.85. The molecule has 1 fully saturated rings. The largest absolute Gasteiger partial charge is 0.495 e. The SMILES string of the molecule is COc1cc(-c2cc(NC3CCC(N)CC3)n3ncnc(N)c23)ccc1NC(=O)OC(C)(C)C. The highest BCUT2D eigenvalue weighted by molar-refractivity contribution is 5.93. The Bertz CT molecular complexity index is 1180. The second-order valence-corrected chi connectivity index (χ2v) is 9.65. The van der Waals surface area contributed by atoms with E-state index >= 15 is 0 Å². The van der Waals surface area contributed by atoms with Gasteiger partial charge in [0.2, 0.25) is 0 Å². The zero-order chi connectivity index (χ0) is 24.5. The molecule has 182 valence electrons. The van der Waals surface area contributed by atoms with E-state index < -0.39 is 11.7 Å². The predicted octanol–water partition coefficient (Wildman–Crippen LogP) is 4.02. The smallest absolute Gasteiger partial charge is 0.412 e. The van der Waals surface area contributed by atoms with Crippen molar-refractivity contribution < 1.29 is 14.3 Å². The molecule has 3 aromatic rings. The first-order valence-electron chi connectivity index (χ1n) is 11.5. The minimum absolute atomic E-state index is 0.274. The highest BCUT2D eigenvalue weighted by atomic mass is 16.6. The summed E-state index contributed by atoms with van der Waals surface area (Å²) in [6.07, 6.45) is 4.89. The first kappa shape index (κ1) is 23.6. The van der Waals surface area contributed by atoms with Crippen molar-refractivity contribution in [3.8, 4) is 16.9 Å². The number of rotatable bonds is 5. The van der Waals surface area contributed by atoms with Crippen LogP contribution in [0.4, 0.5) is 22.1 Å². The molecule has 0 bridgehead atoms. The van der Waals surface area contributed by atoms with Gasteiger partial charge in [0.15, 0.2) is 5.82 Å². The first-order chi connectivity index (χ1) is 16.1. The van der Waals surface area contributed by atoms with Crippen LogP contribution in [0, 0.1) is 0 Å². The van der Waals surface area contributed by atoms with Gasteiger partial charge in [-0.15, -0.1) is 0 Å². The summed E-state index contributed by atoms with van der Waals surface area (Å²) in [5, 5.41) is 10.8. The zero-order valence-corrected chi connectivity index (χ0v) is 20.1. The fraction of sp³-hybridized carbons (Fsp3) is 0.458. The zero-order valence-electron chi connectivity index (χ0n) is 20.1. The maximum atomic E-state index is 12.2. The number of fused-ring (bicyclic) bond motifs is 1. The summed E-state index contributed by atoms with van der Waals surface area (Å²) in [5.74, 6) is 1.71. The van der Waals surface area contributed by atoms with Crippen LogP contribution in [-0.2, 0) is 4.74 Å². The molecule has 1 amide bonds. The standard InChI is InChI=1S/C24H33N7O3/c1-24(2,3)34-23(32)30-18-10-5-14(11-19(18)33-4)17-12-20(29-16-8-6-15(25)7-9-16)31-21(17)22(26)27-13-28-31/h5,10-13,15-16,29H,6-9,25H2,1-4H3,(H,30,32)(H2,26,27,28). The van der Waals surface area contributed by atoms with E-state index in [1.54, 1.807) is 17.7 Å². The molecular formula is C24H33N7O3. The summed E-state index contributed by atoms with van der Waals surface area (Å²) < 4.78 is 12.7. The number of nitrogens with one attached hydrogen (secondary N) is 2. The van der Waals surface area contributed by atoms with Gasteiger partial charge in [-0.1, -0.05) is 6.07 Å². The van der Waals surface area contributed by atoms with E-state index in [0.717, 1.165) is 42.6 Å². The molecule has 0 spiro atoms. The van der Waals surface area contributed by atoms with Crippen molar-refractivity contribution in [3.05, 3.63) is 30.6 Å². The van der Waals surface area contributed by atoms with Crippen LogP contribution in [0.3, 0.4) is 0 Å². The van der Waals surface area contributed by atoms with Gasteiger partial charge in [0, 0.05) is 17.6 Å². The number of methoxy groups -OCH3 is 1. The van der Waals surface area contributed by atoms with Gasteiger partial charge in [-0.05, 0) is 70.2 Å². The maximum absolute atomic E-state index is 12.2. The van der Waals surface area contributed by atoms with Crippen LogP contribution >= 0.6 is 0 Å². The molecule has 34 heavy (non-hydrogen) atoms. The lowest BCUT2D eigenvalue weighted by molar-refractivity contribution is 0.0635. The van der Waals surface area contributed by atoms with Crippen molar-refractivity contribution in [2.45, 2.75) is 64.1 Å². The van der Waals surface area contributed by atoms with Crippen LogP contribution in [0.2, 0.25) is 0 Å². The van der Waals surface area contributed by atoms with Gasteiger partial charge in [-0.3, -0.25) is 5.32 Å². The molecule has 1 aliphatic carbocycles. The monoisotopic (exact) mass is 467 g/mol. The predicted molar refractivity (Wildman–Crippen MR) is 133 cm³/mol. The molecule has 6 N–H and O–H groups in total. The van der Waals surface area contributed by atoms with Gasteiger partial charge in [0.25, 0.3) is 0 Å². The van der Waals surface area contributed by atoms with Gasteiger partial charge in [-0.25, -0.2) is 14.3 Å². The number of nitrogens with zero attached hydrogens (tertiary/aromatic N) is 3. The van der Waals surface area contributed by atoms with E-state index in [-0.39, 0.29) is 6.04 Å². The van der Waals surface area contributed by atoms with Gasteiger partial charge < -0.3 is 26.3 Å². The number of carbonyl (C=O) groups is 1. The minimum atomic E-state index is -0.604. The molecule has 0 unspecified atom stereocenters. The van der Waals surface area contributed by atoms with E-state index in [2.05, 4.69) is 20.7 Å². The van der Waals surface area contributed by atoms with E-state index in [0.29, 0.717) is 28.8 Å². The molecule has 0 radical (unpaired) electrons. The number of hydrogen-bond acceptors (Lipinski definition) is 8. The third-order valence-corrected chi connectivity index (χ3v) is 5.85. The van der Waals surface area contributed by atoms with Gasteiger partial charge in [0.1, 0.15) is 29.0 Å². The summed E-state index contributed by atoms with van der Waals surface area (Å²) in [6, 6.07) is 8.12. The molecule has 0 aliphatic heterocycles. The van der Waals surface area contributed by atoms with E-state index in [1.165, 1.54) is 6.33 Å². The molecule has 10 nitrogen and oxygen atoms in total. The average Bonchev–Trinajstić information content (AvgIpc) is 3.14. The fourth-order valence-corrected chi connectivity index (χ4v) is 4.24. The van der Waals surface area contributed by atoms with Crippen molar-refractivity contribution in [1.82, 2.24) is 14.6 Å². The van der Waals surface area contributed by atoms with E-state index in [1.807, 2.05) is 39.0 Å². The number of nitrogens with two attached hydrogens (primary N) is 2. The number of nitrogen functional groups attached to an aromatic ring is 1. The van der Waals surface area contributed by atoms with E-state index in [9.17, 15) is 4.79 Å². The molecule has 4 rings (SSSR count). The number of aromatic nitrogens is 3. The van der Waals surface area contributed by atoms with Gasteiger partial charge in [0.05, 0.1) is 12.8 Å². The van der Waals surface area contributed by atoms with Crippen LogP contribution in [0.15, 0.2) is 30.6 Å². The Labute approximate surface area is 199 Å². The first-order valence-corrected chi connectivity index (χ1v) is 11.5. The van der Waals surface area contributed by atoms with Crippen LogP contribution in [0.1, 0.15) is 46.5 Å². The Balaban J connectivity index is 1.67. The number of anilines is 3. The summed E-state index contributed by atoms with van der Waals surface area (Å²) in [7, 11) is 1.55. The van der Waals surface area contributed by atoms with Crippen LogP contribution in [0.5, 0.6) is 5.75 Å². The lowest BCUT2D eigenvalue weighted by Gasteiger charge is -2.27. The molecule has 2 aromatic heterocycles. The molecule has 1 aliphatic rings. The lowest BCUT2D eigenvalue weighted by atomic mass is 9.92. The van der Waals surface area contributed by atoms with Crippen molar-refractivity contribution in [2.24, 2.45) is 5.73 Å². The van der Waals surface area contributed by atoms with Gasteiger partial charge in [-0.2, -0.15) is 5.10 Å². The number of ether oxygens (including phenoxy) is 2. The lowest BCUT2D eigenvalue weighted by Crippen LogP contribution is -2.33. The molecule has 1 aromatic carbocycles. The van der Waals surface area contributed by atoms with E-state index in [4.69, 9.17) is 20.9 Å². The van der Waals surface area contributed by atoms with Crippen LogP contribution < -0.4 is 26.8 Å². The highest BCUT2D eigenvalue weighted by Crippen LogP contribution is 2.37. The highest BCUT2D eigenvalue weighted by Gasteiger charge is 2.23. The molecule has 1 saturated carbocycles. The summed E-state index contributed by atoms with van der Waals surface area (Å²) in [4.78, 5) is 16.4. The number of hydrogen-bond donors (Lipinski definition) is 4. The molecule has 2 heterocycles. The average molecular weight is 468 g/mol. The summed E-state index contributed by atoms with van der Waals surface area (Å²) in [6.45, 7) is 5.43. The number of amides is 1. The van der Waals surface area contributed by atoms with Crippen molar-refractivity contribution in [2.75, 3.05) is 23.5 Å². The summed E-state index contributed by atoms with van der Waals surface area (Å²) in [5.41, 5.74) is 14.6. The Morgan fingerprint density at radius 1 is 1.18 bits per heavy atom.